The minimum Gasteiger partial charge on any atom is -0.496 e. The van der Waals surface area contributed by atoms with E-state index in [0.29, 0.717) is 0 Å². The lowest BCUT2D eigenvalue weighted by atomic mass is 10.0. The van der Waals surface area contributed by atoms with Crippen LogP contribution in [0.4, 0.5) is 0 Å². The smallest absolute Gasteiger partial charge is 0.227 e. The zero-order valence-corrected chi connectivity index (χ0v) is 14.8. The van der Waals surface area contributed by atoms with Crippen molar-refractivity contribution in [3.63, 3.8) is 0 Å². The third-order valence-corrected chi connectivity index (χ3v) is 6.29. The Hall–Kier alpha value is -1.55. The van der Waals surface area contributed by atoms with E-state index in [-0.39, 0.29) is 28.7 Å². The molecule has 1 atom stereocenters. The van der Waals surface area contributed by atoms with Crippen LogP contribution in [0.25, 0.3) is 0 Å². The number of carbonyl (C=O) groups excluding carboxylic acids is 1. The Balaban J connectivity index is 1.90. The molecule has 1 saturated carbocycles. The third kappa shape index (κ3) is 2.44. The fourth-order valence-corrected chi connectivity index (χ4v) is 4.17. The topological polar surface area (TPSA) is 41.6 Å². The van der Waals surface area contributed by atoms with Crippen LogP contribution in [0.2, 0.25) is 0 Å². The molecule has 1 aromatic carbocycles. The average Bonchev–Trinajstić information content (AvgIpc) is 2.96. The van der Waals surface area contributed by atoms with Gasteiger partial charge in [-0.3, -0.25) is 4.79 Å². The number of methoxy groups -OCH3 is 1. The normalized spacial score (nSPS) is 26.0. The van der Waals surface area contributed by atoms with Crippen LogP contribution in [-0.4, -0.2) is 37.6 Å². The maximum atomic E-state index is 13.2. The molecule has 1 aromatic rings. The minimum atomic E-state index is 0.0413. The van der Waals surface area contributed by atoms with Crippen LogP contribution in [0.3, 0.4) is 0 Å². The van der Waals surface area contributed by atoms with Crippen LogP contribution in [0.5, 0.6) is 5.75 Å². The standard InChI is InChI=1S/C19H28N2O2/c1-18(2)16(19(18,3)4)17(22)21-11-10-20-12-14(21)13-8-6-7-9-15(13)23-5/h6-9,14,16,20H,10-12H2,1-5H3. The number of rotatable bonds is 3. The fourth-order valence-electron chi connectivity index (χ4n) is 4.17. The van der Waals surface area contributed by atoms with Gasteiger partial charge in [-0.15, -0.1) is 0 Å². The molecule has 4 heteroatoms. The van der Waals surface area contributed by atoms with Gasteiger partial charge in [-0.05, 0) is 16.9 Å². The second-order valence-corrected chi connectivity index (χ2v) is 7.87. The molecule has 2 fully saturated rings. The summed E-state index contributed by atoms with van der Waals surface area (Å²) in [4.78, 5) is 15.3. The molecule has 4 nitrogen and oxygen atoms in total. The molecular weight excluding hydrogens is 288 g/mol. The van der Waals surface area contributed by atoms with Crippen molar-refractivity contribution < 1.29 is 9.53 Å². The number of benzene rings is 1. The van der Waals surface area contributed by atoms with Gasteiger partial charge in [-0.25, -0.2) is 0 Å². The first kappa shape index (κ1) is 16.3. The quantitative estimate of drug-likeness (QED) is 0.932. The van der Waals surface area contributed by atoms with E-state index in [1.165, 1.54) is 0 Å². The molecule has 23 heavy (non-hydrogen) atoms. The number of nitrogens with zero attached hydrogens (tertiary/aromatic N) is 1. The van der Waals surface area contributed by atoms with Gasteiger partial charge < -0.3 is 15.0 Å². The number of amides is 1. The molecule has 1 heterocycles. The minimum absolute atomic E-state index is 0.0413. The van der Waals surface area contributed by atoms with Gasteiger partial charge >= 0.3 is 0 Å². The van der Waals surface area contributed by atoms with E-state index < -0.39 is 0 Å². The molecule has 126 valence electrons. The fraction of sp³-hybridized carbons (Fsp3) is 0.632. The lowest BCUT2D eigenvalue weighted by Gasteiger charge is -2.37. The zero-order chi connectivity index (χ0) is 16.8. The van der Waals surface area contributed by atoms with Crippen molar-refractivity contribution in [2.75, 3.05) is 26.7 Å². The second kappa shape index (κ2) is 5.52. The van der Waals surface area contributed by atoms with E-state index in [4.69, 9.17) is 4.74 Å². The Bertz CT molecular complexity index is 595. The second-order valence-electron chi connectivity index (χ2n) is 7.87. The van der Waals surface area contributed by atoms with Crippen LogP contribution < -0.4 is 10.1 Å². The highest BCUT2D eigenvalue weighted by atomic mass is 16.5. The van der Waals surface area contributed by atoms with Crippen molar-refractivity contribution in [2.24, 2.45) is 16.7 Å². The first-order chi connectivity index (χ1) is 10.8. The Labute approximate surface area is 139 Å². The van der Waals surface area contributed by atoms with Crippen LogP contribution >= 0.6 is 0 Å². The SMILES string of the molecule is COc1ccccc1C1CNCCN1C(=O)C1C(C)(C)C1(C)C. The van der Waals surface area contributed by atoms with E-state index in [9.17, 15) is 4.79 Å². The molecule has 1 saturated heterocycles. The number of nitrogens with one attached hydrogen (secondary N) is 1. The predicted octanol–water partition coefficient (Wildman–Crippen LogP) is 2.85. The van der Waals surface area contributed by atoms with E-state index in [2.05, 4.69) is 44.0 Å². The van der Waals surface area contributed by atoms with Crippen molar-refractivity contribution in [1.82, 2.24) is 10.2 Å². The molecular formula is C19H28N2O2. The molecule has 1 unspecified atom stereocenters. The lowest BCUT2D eigenvalue weighted by molar-refractivity contribution is -0.137. The Morgan fingerprint density at radius 3 is 2.48 bits per heavy atom. The molecule has 1 aliphatic heterocycles. The number of piperazine rings is 1. The Morgan fingerprint density at radius 2 is 1.87 bits per heavy atom. The summed E-state index contributed by atoms with van der Waals surface area (Å²) >= 11 is 0. The van der Waals surface area contributed by atoms with Crippen LogP contribution in [0, 0.1) is 16.7 Å². The summed E-state index contributed by atoms with van der Waals surface area (Å²) in [6.45, 7) is 11.2. The number of ether oxygens (including phenoxy) is 1. The highest BCUT2D eigenvalue weighted by Crippen LogP contribution is 2.69. The molecule has 3 rings (SSSR count). The van der Waals surface area contributed by atoms with E-state index in [1.807, 2.05) is 18.2 Å². The molecule has 0 bridgehead atoms. The average molecular weight is 316 g/mol. The molecule has 0 radical (unpaired) electrons. The summed E-state index contributed by atoms with van der Waals surface area (Å²) in [6.07, 6.45) is 0. The van der Waals surface area contributed by atoms with Crippen molar-refractivity contribution >= 4 is 5.91 Å². The van der Waals surface area contributed by atoms with E-state index in [0.717, 1.165) is 30.9 Å². The van der Waals surface area contributed by atoms with Crippen LogP contribution in [-0.2, 0) is 4.79 Å². The third-order valence-electron chi connectivity index (χ3n) is 6.29. The van der Waals surface area contributed by atoms with Crippen LogP contribution in [0.1, 0.15) is 39.3 Å². The van der Waals surface area contributed by atoms with Crippen molar-refractivity contribution in [3.8, 4) is 5.75 Å². The van der Waals surface area contributed by atoms with E-state index in [1.54, 1.807) is 7.11 Å². The van der Waals surface area contributed by atoms with Crippen LogP contribution in [0.15, 0.2) is 24.3 Å². The molecule has 1 aliphatic carbocycles. The highest BCUT2D eigenvalue weighted by molar-refractivity contribution is 5.85. The van der Waals surface area contributed by atoms with Gasteiger partial charge in [0, 0.05) is 31.1 Å². The monoisotopic (exact) mass is 316 g/mol. The van der Waals surface area contributed by atoms with E-state index >= 15 is 0 Å². The number of hydrogen-bond acceptors (Lipinski definition) is 3. The maximum Gasteiger partial charge on any atom is 0.227 e. The maximum absolute atomic E-state index is 13.2. The molecule has 1 amide bonds. The lowest BCUT2D eigenvalue weighted by Crippen LogP contribution is -2.49. The Morgan fingerprint density at radius 1 is 1.22 bits per heavy atom. The summed E-state index contributed by atoms with van der Waals surface area (Å²) < 4.78 is 5.52. The summed E-state index contributed by atoms with van der Waals surface area (Å²) in [5.74, 6) is 1.25. The summed E-state index contributed by atoms with van der Waals surface area (Å²) in [5.41, 5.74) is 1.23. The highest BCUT2D eigenvalue weighted by Gasteiger charge is 2.69. The number of para-hydroxylation sites is 1. The van der Waals surface area contributed by atoms with Crippen molar-refractivity contribution in [3.05, 3.63) is 29.8 Å². The first-order valence-electron chi connectivity index (χ1n) is 8.46. The Kier molecular flexibility index (Phi) is 3.91. The number of hydrogen-bond donors (Lipinski definition) is 1. The van der Waals surface area contributed by atoms with Crippen molar-refractivity contribution in [2.45, 2.75) is 33.7 Å². The van der Waals surface area contributed by atoms with Gasteiger partial charge in [-0.1, -0.05) is 45.9 Å². The van der Waals surface area contributed by atoms with Gasteiger partial charge in [0.2, 0.25) is 5.91 Å². The molecule has 0 aromatic heterocycles. The predicted molar refractivity (Wildman–Crippen MR) is 91.4 cm³/mol. The first-order valence-corrected chi connectivity index (χ1v) is 8.46. The zero-order valence-electron chi connectivity index (χ0n) is 14.8. The van der Waals surface area contributed by atoms with Gasteiger partial charge in [0.25, 0.3) is 0 Å². The molecule has 0 spiro atoms. The number of carbonyl (C=O) groups is 1. The largest absolute Gasteiger partial charge is 0.496 e. The summed E-state index contributed by atoms with van der Waals surface area (Å²) in [6, 6.07) is 8.06. The van der Waals surface area contributed by atoms with Crippen molar-refractivity contribution in [1.29, 1.82) is 0 Å². The van der Waals surface area contributed by atoms with Gasteiger partial charge in [0.1, 0.15) is 5.75 Å². The van der Waals surface area contributed by atoms with Gasteiger partial charge in [0.05, 0.1) is 13.2 Å². The van der Waals surface area contributed by atoms with Gasteiger partial charge in [0.15, 0.2) is 0 Å². The summed E-state index contributed by atoms with van der Waals surface area (Å²) in [5, 5.41) is 3.42. The molecule has 1 N–H and O–H groups in total. The van der Waals surface area contributed by atoms with Gasteiger partial charge in [-0.2, -0.15) is 0 Å². The molecule has 2 aliphatic rings. The summed E-state index contributed by atoms with van der Waals surface area (Å²) in [7, 11) is 1.69.